The van der Waals surface area contributed by atoms with Gasteiger partial charge in [0.2, 0.25) is 0 Å². The zero-order valence-corrected chi connectivity index (χ0v) is 9.90. The number of nitrogens with one attached hydrogen (secondary N) is 1. The van der Waals surface area contributed by atoms with E-state index >= 15 is 0 Å². The molecule has 2 N–H and O–H groups in total. The molecule has 0 aliphatic heterocycles. The lowest BCUT2D eigenvalue weighted by molar-refractivity contribution is 0.173. The predicted molar refractivity (Wildman–Crippen MR) is 60.8 cm³/mol. The highest BCUT2D eigenvalue weighted by molar-refractivity contribution is 7.99. The van der Waals surface area contributed by atoms with E-state index in [-0.39, 0.29) is 12.1 Å². The third-order valence-corrected chi connectivity index (χ3v) is 4.31. The molecule has 1 rings (SSSR count). The number of aliphatic hydroxyl groups is 1. The number of ether oxygens (including phenoxy) is 1. The number of thioether (sulfide) groups is 1. The summed E-state index contributed by atoms with van der Waals surface area (Å²) in [5.74, 6) is 1.06. The monoisotopic (exact) mass is 219 g/mol. The summed E-state index contributed by atoms with van der Waals surface area (Å²) in [5.41, 5.74) is -0.00919. The van der Waals surface area contributed by atoms with Crippen molar-refractivity contribution >= 4 is 11.8 Å². The van der Waals surface area contributed by atoms with E-state index in [9.17, 15) is 5.11 Å². The van der Waals surface area contributed by atoms with Gasteiger partial charge in [-0.1, -0.05) is 0 Å². The molecule has 84 valence electrons. The lowest BCUT2D eigenvalue weighted by Crippen LogP contribution is -2.44. The van der Waals surface area contributed by atoms with Gasteiger partial charge in [-0.15, -0.1) is 0 Å². The Morgan fingerprint density at radius 3 is 2.93 bits per heavy atom. The molecule has 0 aromatic rings. The average molecular weight is 219 g/mol. The molecule has 1 fully saturated rings. The van der Waals surface area contributed by atoms with Crippen molar-refractivity contribution in [2.75, 3.05) is 33.1 Å². The molecule has 4 heteroatoms. The summed E-state index contributed by atoms with van der Waals surface area (Å²) in [6.07, 6.45) is 3.37. The molecule has 14 heavy (non-hydrogen) atoms. The van der Waals surface area contributed by atoms with Crippen LogP contribution in [0, 0.1) is 0 Å². The van der Waals surface area contributed by atoms with Crippen LogP contribution in [0.15, 0.2) is 0 Å². The van der Waals surface area contributed by atoms with Crippen LogP contribution in [0.1, 0.15) is 19.3 Å². The van der Waals surface area contributed by atoms with Gasteiger partial charge in [-0.05, 0) is 26.3 Å². The number of likely N-dealkylation sites (N-methyl/N-ethyl adjacent to an activating group) is 1. The molecule has 2 unspecified atom stereocenters. The number of methoxy groups -OCH3 is 1. The van der Waals surface area contributed by atoms with Gasteiger partial charge < -0.3 is 15.2 Å². The first-order chi connectivity index (χ1) is 6.76. The van der Waals surface area contributed by atoms with Crippen molar-refractivity contribution in [2.45, 2.75) is 30.1 Å². The van der Waals surface area contributed by atoms with Gasteiger partial charge in [-0.3, -0.25) is 0 Å². The fourth-order valence-electron chi connectivity index (χ4n) is 1.97. The summed E-state index contributed by atoms with van der Waals surface area (Å²) >= 11 is 1.97. The summed E-state index contributed by atoms with van der Waals surface area (Å²) in [6.45, 7) is 1.08. The molecule has 0 saturated heterocycles. The topological polar surface area (TPSA) is 41.5 Å². The Balaban J connectivity index is 2.25. The summed E-state index contributed by atoms with van der Waals surface area (Å²) in [6, 6.07) is 0. The van der Waals surface area contributed by atoms with Crippen molar-refractivity contribution in [3.63, 3.8) is 0 Å². The molecule has 0 radical (unpaired) electrons. The summed E-state index contributed by atoms with van der Waals surface area (Å²) in [7, 11) is 3.68. The van der Waals surface area contributed by atoms with E-state index in [2.05, 4.69) is 5.32 Å². The van der Waals surface area contributed by atoms with Crippen LogP contribution in [0.5, 0.6) is 0 Å². The minimum absolute atomic E-state index is 0.00919. The maximum absolute atomic E-state index is 9.31. The molecule has 1 saturated carbocycles. The minimum Gasteiger partial charge on any atom is -0.394 e. The molecule has 1 aliphatic rings. The van der Waals surface area contributed by atoms with Crippen LogP contribution in [0.2, 0.25) is 0 Å². The van der Waals surface area contributed by atoms with E-state index in [1.165, 1.54) is 6.42 Å². The van der Waals surface area contributed by atoms with Crippen LogP contribution in [-0.2, 0) is 4.74 Å². The number of aliphatic hydroxyl groups excluding tert-OH is 1. The van der Waals surface area contributed by atoms with Crippen molar-refractivity contribution < 1.29 is 9.84 Å². The first-order valence-corrected chi connectivity index (χ1v) is 6.21. The summed E-state index contributed by atoms with van der Waals surface area (Å²) in [5, 5.41) is 13.2. The van der Waals surface area contributed by atoms with Crippen LogP contribution in [0.25, 0.3) is 0 Å². The molecule has 0 aromatic carbocycles. The van der Waals surface area contributed by atoms with Crippen LogP contribution in [0.3, 0.4) is 0 Å². The van der Waals surface area contributed by atoms with Gasteiger partial charge in [0.05, 0.1) is 13.2 Å². The smallest absolute Gasteiger partial charge is 0.0613 e. The van der Waals surface area contributed by atoms with Gasteiger partial charge in [0, 0.05) is 23.7 Å². The zero-order valence-electron chi connectivity index (χ0n) is 9.08. The maximum atomic E-state index is 9.31. The third kappa shape index (κ3) is 3.12. The number of rotatable bonds is 6. The predicted octanol–water partition coefficient (Wildman–Crippen LogP) is 0.869. The highest BCUT2D eigenvalue weighted by Crippen LogP contribution is 2.36. The third-order valence-electron chi connectivity index (χ3n) is 3.04. The molecule has 0 heterocycles. The van der Waals surface area contributed by atoms with E-state index in [1.54, 1.807) is 7.11 Å². The Hall–Kier alpha value is 0.230. The standard InChI is InChI=1S/C10H21NO2S/c1-11-10(8-12)4-3-9(7-10)14-6-5-13-2/h9,11-12H,3-8H2,1-2H3. The van der Waals surface area contributed by atoms with Crippen molar-refractivity contribution in [3.8, 4) is 0 Å². The van der Waals surface area contributed by atoms with Gasteiger partial charge in [-0.25, -0.2) is 0 Å². The van der Waals surface area contributed by atoms with Crippen LogP contribution in [-0.4, -0.2) is 49.0 Å². The number of hydrogen-bond donors (Lipinski definition) is 2. The zero-order chi connectivity index (χ0) is 10.4. The van der Waals surface area contributed by atoms with Crippen molar-refractivity contribution in [1.29, 1.82) is 0 Å². The SMILES string of the molecule is CNC1(CO)CCC(SCCOC)C1. The van der Waals surface area contributed by atoms with Crippen molar-refractivity contribution in [2.24, 2.45) is 0 Å². The lowest BCUT2D eigenvalue weighted by atomic mass is 10.00. The van der Waals surface area contributed by atoms with Gasteiger partial charge in [0.15, 0.2) is 0 Å². The second-order valence-electron chi connectivity index (χ2n) is 3.92. The normalized spacial score (nSPS) is 32.4. The highest BCUT2D eigenvalue weighted by Gasteiger charge is 2.37. The van der Waals surface area contributed by atoms with E-state index in [1.807, 2.05) is 18.8 Å². The van der Waals surface area contributed by atoms with Gasteiger partial charge >= 0.3 is 0 Å². The molecular formula is C10H21NO2S. The van der Waals surface area contributed by atoms with E-state index in [0.29, 0.717) is 5.25 Å². The minimum atomic E-state index is -0.00919. The van der Waals surface area contributed by atoms with E-state index in [0.717, 1.165) is 25.2 Å². The average Bonchev–Trinajstić information content (AvgIpc) is 2.63. The van der Waals surface area contributed by atoms with E-state index < -0.39 is 0 Å². The first kappa shape index (κ1) is 12.3. The fourth-order valence-corrected chi connectivity index (χ4v) is 3.28. The molecule has 1 aliphatic carbocycles. The van der Waals surface area contributed by atoms with Crippen LogP contribution < -0.4 is 5.32 Å². The van der Waals surface area contributed by atoms with E-state index in [4.69, 9.17) is 4.74 Å². The lowest BCUT2D eigenvalue weighted by Gasteiger charge is -2.26. The largest absolute Gasteiger partial charge is 0.394 e. The molecule has 3 nitrogen and oxygen atoms in total. The Bertz CT molecular complexity index is 162. The van der Waals surface area contributed by atoms with Crippen LogP contribution >= 0.6 is 11.8 Å². The Labute approximate surface area is 90.6 Å². The van der Waals surface area contributed by atoms with Gasteiger partial charge in [0.1, 0.15) is 0 Å². The first-order valence-electron chi connectivity index (χ1n) is 5.16. The molecule has 0 spiro atoms. The molecule has 0 bridgehead atoms. The fraction of sp³-hybridized carbons (Fsp3) is 1.00. The van der Waals surface area contributed by atoms with Gasteiger partial charge in [0.25, 0.3) is 0 Å². The highest BCUT2D eigenvalue weighted by atomic mass is 32.2. The number of hydrogen-bond acceptors (Lipinski definition) is 4. The van der Waals surface area contributed by atoms with Crippen molar-refractivity contribution in [1.82, 2.24) is 5.32 Å². The Kier molecular flexibility index (Phi) is 5.23. The van der Waals surface area contributed by atoms with Gasteiger partial charge in [-0.2, -0.15) is 11.8 Å². The summed E-state index contributed by atoms with van der Waals surface area (Å²) in [4.78, 5) is 0. The summed E-state index contributed by atoms with van der Waals surface area (Å²) < 4.78 is 5.02. The Morgan fingerprint density at radius 1 is 1.64 bits per heavy atom. The second-order valence-corrected chi connectivity index (χ2v) is 5.33. The Morgan fingerprint density at radius 2 is 2.43 bits per heavy atom. The molecule has 0 amide bonds. The maximum Gasteiger partial charge on any atom is 0.0613 e. The quantitative estimate of drug-likeness (QED) is 0.650. The molecular weight excluding hydrogens is 198 g/mol. The van der Waals surface area contributed by atoms with Crippen molar-refractivity contribution in [3.05, 3.63) is 0 Å². The van der Waals surface area contributed by atoms with Crippen LogP contribution in [0.4, 0.5) is 0 Å². The molecule has 0 aromatic heterocycles. The second kappa shape index (κ2) is 5.95. The molecule has 2 atom stereocenters.